The number of fused-ring (bicyclic) bond motifs is 1. The summed E-state index contributed by atoms with van der Waals surface area (Å²) in [4.78, 5) is 7.14. The molecule has 1 unspecified atom stereocenters. The van der Waals surface area contributed by atoms with Crippen LogP contribution in [0.4, 0.5) is 0 Å². The second-order valence-corrected chi connectivity index (χ2v) is 5.67. The van der Waals surface area contributed by atoms with E-state index in [0.717, 1.165) is 31.0 Å². The molecule has 19 heavy (non-hydrogen) atoms. The zero-order valence-corrected chi connectivity index (χ0v) is 11.5. The topological polar surface area (TPSA) is 46.6 Å². The predicted molar refractivity (Wildman–Crippen MR) is 76.8 cm³/mol. The highest BCUT2D eigenvalue weighted by molar-refractivity contribution is 5.39. The van der Waals surface area contributed by atoms with E-state index < -0.39 is 0 Å². The number of hydrogen-bond donors (Lipinski definition) is 1. The second-order valence-electron chi connectivity index (χ2n) is 5.67. The minimum atomic E-state index is 0.331. The van der Waals surface area contributed by atoms with E-state index in [-0.39, 0.29) is 0 Å². The van der Waals surface area contributed by atoms with Gasteiger partial charge in [-0.15, -0.1) is 0 Å². The number of imidazole rings is 1. The minimum Gasteiger partial charge on any atom is -0.328 e. The van der Waals surface area contributed by atoms with Gasteiger partial charge in [0, 0.05) is 25.0 Å². The Morgan fingerprint density at radius 3 is 2.84 bits per heavy atom. The zero-order valence-electron chi connectivity index (χ0n) is 11.5. The van der Waals surface area contributed by atoms with Crippen molar-refractivity contribution in [3.8, 4) is 0 Å². The number of rotatable bonds is 3. The fraction of sp³-hybridized carbons (Fsp3) is 0.533. The van der Waals surface area contributed by atoms with Crippen molar-refractivity contribution in [1.82, 2.24) is 14.3 Å². The third-order valence-corrected chi connectivity index (χ3v) is 4.18. The van der Waals surface area contributed by atoms with Crippen molar-refractivity contribution in [3.63, 3.8) is 0 Å². The van der Waals surface area contributed by atoms with E-state index in [2.05, 4.69) is 27.4 Å². The molecule has 0 saturated carbocycles. The molecule has 2 aromatic heterocycles. The summed E-state index contributed by atoms with van der Waals surface area (Å²) < 4.78 is 2.09. The van der Waals surface area contributed by atoms with E-state index in [1.165, 1.54) is 12.8 Å². The van der Waals surface area contributed by atoms with E-state index in [0.29, 0.717) is 12.0 Å². The SMILES string of the molecule is CC(N)C1CCN(Cc2cn3ccccc3n2)CC1. The van der Waals surface area contributed by atoms with Gasteiger partial charge in [-0.2, -0.15) is 0 Å². The average molecular weight is 258 g/mol. The van der Waals surface area contributed by atoms with Gasteiger partial charge in [0.05, 0.1) is 5.69 Å². The molecule has 0 amide bonds. The van der Waals surface area contributed by atoms with Crippen LogP contribution in [0.3, 0.4) is 0 Å². The predicted octanol–water partition coefficient (Wildman–Crippen LogP) is 1.89. The number of likely N-dealkylation sites (tertiary alicyclic amines) is 1. The molecule has 1 saturated heterocycles. The summed E-state index contributed by atoms with van der Waals surface area (Å²) in [6.45, 7) is 5.36. The van der Waals surface area contributed by atoms with Gasteiger partial charge < -0.3 is 10.1 Å². The van der Waals surface area contributed by atoms with E-state index in [1.807, 2.05) is 24.4 Å². The summed E-state index contributed by atoms with van der Waals surface area (Å²) in [5.41, 5.74) is 8.17. The maximum atomic E-state index is 5.98. The maximum Gasteiger partial charge on any atom is 0.137 e. The number of hydrogen-bond acceptors (Lipinski definition) is 3. The molecule has 1 atom stereocenters. The molecule has 2 aromatic rings. The Morgan fingerprint density at radius 2 is 2.16 bits per heavy atom. The number of nitrogens with zero attached hydrogens (tertiary/aromatic N) is 3. The second kappa shape index (κ2) is 5.31. The summed E-state index contributed by atoms with van der Waals surface area (Å²) in [5, 5.41) is 0. The van der Waals surface area contributed by atoms with Gasteiger partial charge in [-0.1, -0.05) is 6.07 Å². The summed E-state index contributed by atoms with van der Waals surface area (Å²) >= 11 is 0. The Balaban J connectivity index is 1.63. The molecular weight excluding hydrogens is 236 g/mol. The van der Waals surface area contributed by atoms with E-state index in [4.69, 9.17) is 5.73 Å². The molecule has 1 aliphatic heterocycles. The number of piperidine rings is 1. The van der Waals surface area contributed by atoms with Crippen LogP contribution >= 0.6 is 0 Å². The molecule has 0 bridgehead atoms. The van der Waals surface area contributed by atoms with Crippen LogP contribution in [0.25, 0.3) is 5.65 Å². The number of pyridine rings is 1. The fourth-order valence-corrected chi connectivity index (χ4v) is 2.93. The Morgan fingerprint density at radius 1 is 1.37 bits per heavy atom. The molecule has 102 valence electrons. The molecule has 0 aliphatic carbocycles. The van der Waals surface area contributed by atoms with E-state index >= 15 is 0 Å². The minimum absolute atomic E-state index is 0.331. The molecule has 0 spiro atoms. The summed E-state index contributed by atoms with van der Waals surface area (Å²) in [6.07, 6.45) is 6.61. The van der Waals surface area contributed by atoms with Gasteiger partial charge in [0.2, 0.25) is 0 Å². The van der Waals surface area contributed by atoms with Crippen molar-refractivity contribution in [2.24, 2.45) is 11.7 Å². The monoisotopic (exact) mass is 258 g/mol. The zero-order chi connectivity index (χ0) is 13.2. The lowest BCUT2D eigenvalue weighted by Crippen LogP contribution is -2.39. The van der Waals surface area contributed by atoms with Gasteiger partial charge in [0.15, 0.2) is 0 Å². The fourth-order valence-electron chi connectivity index (χ4n) is 2.93. The van der Waals surface area contributed by atoms with Gasteiger partial charge in [-0.25, -0.2) is 4.98 Å². The summed E-state index contributed by atoms with van der Waals surface area (Å²) in [5.74, 6) is 0.692. The Bertz CT molecular complexity index is 505. The molecule has 2 N–H and O–H groups in total. The van der Waals surface area contributed by atoms with E-state index in [9.17, 15) is 0 Å². The molecule has 3 rings (SSSR count). The lowest BCUT2D eigenvalue weighted by Gasteiger charge is -2.33. The van der Waals surface area contributed by atoms with Gasteiger partial charge in [-0.05, 0) is 50.9 Å². The maximum absolute atomic E-state index is 5.98. The standard InChI is InChI=1S/C15H22N4/c1-12(16)13-5-8-18(9-6-13)10-14-11-19-7-3-2-4-15(19)17-14/h2-4,7,11-13H,5-6,8-10,16H2,1H3. The van der Waals surface area contributed by atoms with E-state index in [1.54, 1.807) is 0 Å². The van der Waals surface area contributed by atoms with Crippen molar-refractivity contribution in [2.75, 3.05) is 13.1 Å². The van der Waals surface area contributed by atoms with Crippen LogP contribution in [0.15, 0.2) is 30.6 Å². The van der Waals surface area contributed by atoms with Gasteiger partial charge in [0.25, 0.3) is 0 Å². The first kappa shape index (κ1) is 12.6. The number of nitrogens with two attached hydrogens (primary N) is 1. The van der Waals surface area contributed by atoms with Crippen LogP contribution in [0.5, 0.6) is 0 Å². The third-order valence-electron chi connectivity index (χ3n) is 4.18. The molecule has 1 aliphatic rings. The lowest BCUT2D eigenvalue weighted by molar-refractivity contribution is 0.164. The van der Waals surface area contributed by atoms with Crippen LogP contribution in [-0.4, -0.2) is 33.4 Å². The summed E-state index contributed by atoms with van der Waals surface area (Å²) in [6, 6.07) is 6.44. The smallest absolute Gasteiger partial charge is 0.137 e. The van der Waals surface area contributed by atoms with Gasteiger partial charge >= 0.3 is 0 Å². The summed E-state index contributed by atoms with van der Waals surface area (Å²) in [7, 11) is 0. The molecule has 0 aromatic carbocycles. The van der Waals surface area contributed by atoms with Crippen LogP contribution in [0, 0.1) is 5.92 Å². The Labute approximate surface area is 114 Å². The molecule has 0 radical (unpaired) electrons. The first-order chi connectivity index (χ1) is 9.22. The van der Waals surface area contributed by atoms with Crippen molar-refractivity contribution in [3.05, 3.63) is 36.3 Å². The molecule has 4 nitrogen and oxygen atoms in total. The van der Waals surface area contributed by atoms with Crippen molar-refractivity contribution in [1.29, 1.82) is 0 Å². The number of aromatic nitrogens is 2. The van der Waals surface area contributed by atoms with Gasteiger partial charge in [-0.3, -0.25) is 4.90 Å². The molecule has 4 heteroatoms. The quantitative estimate of drug-likeness (QED) is 0.914. The van der Waals surface area contributed by atoms with Crippen LogP contribution in [0.2, 0.25) is 0 Å². The van der Waals surface area contributed by atoms with Crippen molar-refractivity contribution in [2.45, 2.75) is 32.4 Å². The first-order valence-corrected chi connectivity index (χ1v) is 7.13. The van der Waals surface area contributed by atoms with Crippen LogP contribution in [0.1, 0.15) is 25.5 Å². The molecular formula is C15H22N4. The van der Waals surface area contributed by atoms with Crippen LogP contribution in [-0.2, 0) is 6.54 Å². The van der Waals surface area contributed by atoms with Gasteiger partial charge in [0.1, 0.15) is 5.65 Å². The normalized spacial score (nSPS) is 19.9. The largest absolute Gasteiger partial charge is 0.328 e. The third kappa shape index (κ3) is 2.80. The van der Waals surface area contributed by atoms with Crippen molar-refractivity contribution >= 4 is 5.65 Å². The lowest BCUT2D eigenvalue weighted by atomic mass is 9.91. The average Bonchev–Trinajstić information content (AvgIpc) is 2.81. The molecule has 3 heterocycles. The highest BCUT2D eigenvalue weighted by Gasteiger charge is 2.22. The van der Waals surface area contributed by atoms with Crippen LogP contribution < -0.4 is 5.73 Å². The Hall–Kier alpha value is -1.39. The highest BCUT2D eigenvalue weighted by atomic mass is 15.1. The highest BCUT2D eigenvalue weighted by Crippen LogP contribution is 2.20. The first-order valence-electron chi connectivity index (χ1n) is 7.13. The van der Waals surface area contributed by atoms with Crippen molar-refractivity contribution < 1.29 is 0 Å². The molecule has 1 fully saturated rings. The Kier molecular flexibility index (Phi) is 3.53.